The molecule has 1 unspecified atom stereocenters. The zero-order chi connectivity index (χ0) is 22.2. The molecule has 1 atom stereocenters. The van der Waals surface area contributed by atoms with E-state index < -0.39 is 29.8 Å². The molecular weight excluding hydrogens is 344 g/mol. The second-order valence-electron chi connectivity index (χ2n) is 3.81. The number of aliphatic carboxylic acids is 5. The molecule has 0 aromatic rings. The highest BCUT2D eigenvalue weighted by atomic mass is 16.4. The molecule has 0 saturated carbocycles. The molecule has 0 heterocycles. The SMILES string of the molecule is CC(=O)O.CC(=O)O.CC(=O)O.CC(=O)O.CC(=O)O.CC(N)CN. The van der Waals surface area contributed by atoms with E-state index in [0.717, 1.165) is 34.6 Å². The molecule has 9 N–H and O–H groups in total. The van der Waals surface area contributed by atoms with Crippen molar-refractivity contribution in [1.82, 2.24) is 0 Å². The van der Waals surface area contributed by atoms with Gasteiger partial charge in [-0.3, -0.25) is 24.0 Å². The maximum Gasteiger partial charge on any atom is 0.300 e. The zero-order valence-electron chi connectivity index (χ0n) is 15.2. The van der Waals surface area contributed by atoms with Crippen LogP contribution in [0.25, 0.3) is 0 Å². The summed E-state index contributed by atoms with van der Waals surface area (Å²) in [4.78, 5) is 45.0. The highest BCUT2D eigenvalue weighted by Crippen LogP contribution is 1.59. The summed E-state index contributed by atoms with van der Waals surface area (Å²) in [7, 11) is 0. The minimum absolute atomic E-state index is 0.162. The second kappa shape index (κ2) is 33.0. The molecule has 0 aliphatic rings. The van der Waals surface area contributed by atoms with E-state index in [2.05, 4.69) is 0 Å². The molecule has 0 saturated heterocycles. The molecule has 0 amide bonds. The molecule has 0 aliphatic heterocycles. The van der Waals surface area contributed by atoms with Crippen molar-refractivity contribution in [1.29, 1.82) is 0 Å². The highest BCUT2D eigenvalue weighted by molar-refractivity contribution is 5.63. The molecule has 0 aliphatic carbocycles. The summed E-state index contributed by atoms with van der Waals surface area (Å²) in [5.74, 6) is -4.17. The maximum absolute atomic E-state index is 9.00. The van der Waals surface area contributed by atoms with Crippen LogP contribution < -0.4 is 11.5 Å². The maximum atomic E-state index is 9.00. The molecule has 0 rings (SSSR count). The smallest absolute Gasteiger partial charge is 0.300 e. The molecule has 12 nitrogen and oxygen atoms in total. The number of hydrogen-bond acceptors (Lipinski definition) is 7. The summed E-state index contributed by atoms with van der Waals surface area (Å²) in [5, 5.41) is 37.1. The van der Waals surface area contributed by atoms with Crippen LogP contribution in [0.2, 0.25) is 0 Å². The van der Waals surface area contributed by atoms with Gasteiger partial charge in [0.1, 0.15) is 0 Å². The van der Waals surface area contributed by atoms with Gasteiger partial charge < -0.3 is 37.0 Å². The third kappa shape index (κ3) is 14800. The van der Waals surface area contributed by atoms with Crippen LogP contribution in [0.15, 0.2) is 0 Å². The van der Waals surface area contributed by atoms with Crippen molar-refractivity contribution < 1.29 is 49.5 Å². The summed E-state index contributed by atoms with van der Waals surface area (Å²) in [6.45, 7) is 7.87. The standard InChI is InChI=1S/C3H10N2.5C2H4O2/c1-3(5)2-4;5*1-2(3)4/h3H,2,4-5H2,1H3;5*1H3,(H,3,4). The Morgan fingerprint density at radius 1 is 0.640 bits per heavy atom. The van der Waals surface area contributed by atoms with E-state index in [9.17, 15) is 0 Å². The Morgan fingerprint density at radius 2 is 0.680 bits per heavy atom. The van der Waals surface area contributed by atoms with Crippen LogP contribution in [0.4, 0.5) is 0 Å². The summed E-state index contributed by atoms with van der Waals surface area (Å²) < 4.78 is 0. The molecule has 25 heavy (non-hydrogen) atoms. The van der Waals surface area contributed by atoms with Crippen LogP contribution >= 0.6 is 0 Å². The Morgan fingerprint density at radius 3 is 0.680 bits per heavy atom. The van der Waals surface area contributed by atoms with Crippen LogP contribution in [0.5, 0.6) is 0 Å². The predicted octanol–water partition coefficient (Wildman–Crippen LogP) is -0.253. The van der Waals surface area contributed by atoms with E-state index in [1.807, 2.05) is 6.92 Å². The van der Waals surface area contributed by atoms with Crippen LogP contribution in [0, 0.1) is 0 Å². The topological polar surface area (TPSA) is 239 Å². The molecule has 12 heteroatoms. The Hall–Kier alpha value is -2.73. The van der Waals surface area contributed by atoms with Gasteiger partial charge in [0, 0.05) is 47.2 Å². The molecule has 0 aromatic heterocycles. The largest absolute Gasteiger partial charge is 0.481 e. The van der Waals surface area contributed by atoms with E-state index in [4.69, 9.17) is 61.0 Å². The lowest BCUT2D eigenvalue weighted by Gasteiger charge is -1.92. The van der Waals surface area contributed by atoms with Gasteiger partial charge in [0.25, 0.3) is 29.8 Å². The van der Waals surface area contributed by atoms with Crippen molar-refractivity contribution in [3.05, 3.63) is 0 Å². The Balaban J connectivity index is -0.0000000434. The fraction of sp³-hybridized carbons (Fsp3) is 0.615. The van der Waals surface area contributed by atoms with Gasteiger partial charge in [-0.05, 0) is 6.92 Å². The summed E-state index contributed by atoms with van der Waals surface area (Å²) in [5.41, 5.74) is 10.2. The molecule has 0 bridgehead atoms. The minimum Gasteiger partial charge on any atom is -0.481 e. The first-order valence-electron chi connectivity index (χ1n) is 6.37. The van der Waals surface area contributed by atoms with Gasteiger partial charge in [-0.25, -0.2) is 0 Å². The van der Waals surface area contributed by atoms with Crippen molar-refractivity contribution in [2.45, 2.75) is 47.6 Å². The van der Waals surface area contributed by atoms with Crippen LogP contribution in [-0.2, 0) is 24.0 Å². The summed E-state index contributed by atoms with van der Waals surface area (Å²) in [6.07, 6.45) is 0. The fourth-order valence-electron chi connectivity index (χ4n) is 0. The lowest BCUT2D eigenvalue weighted by atomic mass is 10.4. The Labute approximate surface area is 146 Å². The zero-order valence-corrected chi connectivity index (χ0v) is 15.2. The van der Waals surface area contributed by atoms with Gasteiger partial charge in [-0.1, -0.05) is 0 Å². The van der Waals surface area contributed by atoms with E-state index in [1.165, 1.54) is 0 Å². The molecule has 0 spiro atoms. The number of carboxylic acid groups (broad SMARTS) is 5. The molecule has 152 valence electrons. The number of carboxylic acids is 5. The van der Waals surface area contributed by atoms with Gasteiger partial charge in [-0.2, -0.15) is 0 Å². The lowest BCUT2D eigenvalue weighted by molar-refractivity contribution is -0.135. The van der Waals surface area contributed by atoms with Crippen molar-refractivity contribution in [3.63, 3.8) is 0 Å². The average Bonchev–Trinajstić information content (AvgIpc) is 2.24. The first kappa shape index (κ1) is 38.1. The van der Waals surface area contributed by atoms with Crippen molar-refractivity contribution in [2.24, 2.45) is 11.5 Å². The van der Waals surface area contributed by atoms with Gasteiger partial charge in [0.05, 0.1) is 0 Å². The first-order valence-corrected chi connectivity index (χ1v) is 6.37. The van der Waals surface area contributed by atoms with Crippen molar-refractivity contribution in [2.75, 3.05) is 6.54 Å². The van der Waals surface area contributed by atoms with Crippen LogP contribution in [0.3, 0.4) is 0 Å². The second-order valence-corrected chi connectivity index (χ2v) is 3.81. The number of carbonyl (C=O) groups is 5. The van der Waals surface area contributed by atoms with Crippen LogP contribution in [0.1, 0.15) is 41.5 Å². The highest BCUT2D eigenvalue weighted by Gasteiger charge is 1.79. The first-order chi connectivity index (χ1) is 10.9. The molecule has 0 radical (unpaired) electrons. The summed E-state index contributed by atoms with van der Waals surface area (Å²) in [6, 6.07) is 0.162. The van der Waals surface area contributed by atoms with Crippen molar-refractivity contribution >= 4 is 29.8 Å². The lowest BCUT2D eigenvalue weighted by Crippen LogP contribution is -2.25. The Kier molecular flexibility index (Phi) is 50.3. The van der Waals surface area contributed by atoms with E-state index >= 15 is 0 Å². The third-order valence-corrected chi connectivity index (χ3v) is 0.372. The third-order valence-electron chi connectivity index (χ3n) is 0.372. The van der Waals surface area contributed by atoms with Gasteiger partial charge in [0.2, 0.25) is 0 Å². The number of hydrogen-bond donors (Lipinski definition) is 7. The minimum atomic E-state index is -0.833. The normalized spacial score (nSPS) is 8.00. The van der Waals surface area contributed by atoms with Gasteiger partial charge in [-0.15, -0.1) is 0 Å². The van der Waals surface area contributed by atoms with Gasteiger partial charge >= 0.3 is 0 Å². The summed E-state index contributed by atoms with van der Waals surface area (Å²) >= 11 is 0. The quantitative estimate of drug-likeness (QED) is 0.314. The molecule has 0 fully saturated rings. The van der Waals surface area contributed by atoms with Crippen LogP contribution in [-0.4, -0.2) is 68.0 Å². The van der Waals surface area contributed by atoms with Crippen molar-refractivity contribution in [3.8, 4) is 0 Å². The average molecular weight is 374 g/mol. The van der Waals surface area contributed by atoms with E-state index in [-0.39, 0.29) is 6.04 Å². The predicted molar refractivity (Wildman–Crippen MR) is 89.3 cm³/mol. The number of nitrogens with two attached hydrogens (primary N) is 2. The molecule has 0 aromatic carbocycles. The van der Waals surface area contributed by atoms with Gasteiger partial charge in [0.15, 0.2) is 0 Å². The fourth-order valence-corrected chi connectivity index (χ4v) is 0. The number of rotatable bonds is 1. The van der Waals surface area contributed by atoms with E-state index in [0.29, 0.717) is 6.54 Å². The monoisotopic (exact) mass is 374 g/mol. The Bertz CT molecular complexity index is 267. The molecular formula is C13H30N2O10. The van der Waals surface area contributed by atoms with E-state index in [1.54, 1.807) is 0 Å².